The monoisotopic (exact) mass is 288 g/mol. The highest BCUT2D eigenvalue weighted by atomic mass is 19.4. The van der Waals surface area contributed by atoms with Gasteiger partial charge in [0.25, 0.3) is 0 Å². The molecule has 1 unspecified atom stereocenters. The lowest BCUT2D eigenvalue weighted by molar-refractivity contribution is -0.141. The van der Waals surface area contributed by atoms with Crippen molar-refractivity contribution in [2.75, 3.05) is 37.6 Å². The first-order valence-electron chi connectivity index (χ1n) is 6.65. The van der Waals surface area contributed by atoms with Gasteiger partial charge in [-0.05, 0) is 19.1 Å². The van der Waals surface area contributed by atoms with Crippen LogP contribution in [0, 0.1) is 0 Å². The standard InChI is InChI=1S/C13H19F3N4/c1-10(9-17)19-5-7-20(8-6-19)12-4-2-3-11(18-12)13(14,15)16/h2-4,10H,5-9,17H2,1H3. The predicted molar refractivity (Wildman–Crippen MR) is 71.5 cm³/mol. The van der Waals surface area contributed by atoms with E-state index >= 15 is 0 Å². The molecule has 7 heteroatoms. The minimum atomic E-state index is -4.40. The van der Waals surface area contributed by atoms with Crippen LogP contribution in [0.15, 0.2) is 18.2 Å². The van der Waals surface area contributed by atoms with Crippen LogP contribution < -0.4 is 10.6 Å². The molecule has 0 aliphatic carbocycles. The van der Waals surface area contributed by atoms with Crippen molar-refractivity contribution in [1.82, 2.24) is 9.88 Å². The Labute approximate surface area is 116 Å². The lowest BCUT2D eigenvalue weighted by atomic mass is 10.2. The van der Waals surface area contributed by atoms with Crippen LogP contribution in [0.4, 0.5) is 19.0 Å². The molecule has 0 radical (unpaired) electrons. The molecule has 1 aromatic rings. The molecule has 20 heavy (non-hydrogen) atoms. The molecule has 2 N–H and O–H groups in total. The highest BCUT2D eigenvalue weighted by Gasteiger charge is 2.33. The fraction of sp³-hybridized carbons (Fsp3) is 0.615. The number of rotatable bonds is 3. The quantitative estimate of drug-likeness (QED) is 0.917. The smallest absolute Gasteiger partial charge is 0.354 e. The molecule has 0 spiro atoms. The number of halogens is 3. The van der Waals surface area contributed by atoms with Crippen LogP contribution in [-0.2, 0) is 6.18 Å². The van der Waals surface area contributed by atoms with Gasteiger partial charge < -0.3 is 10.6 Å². The summed E-state index contributed by atoms with van der Waals surface area (Å²) in [5, 5.41) is 0. The second kappa shape index (κ2) is 5.97. The molecule has 0 bridgehead atoms. The average Bonchev–Trinajstić information content (AvgIpc) is 2.46. The van der Waals surface area contributed by atoms with E-state index in [1.807, 2.05) is 4.90 Å². The Kier molecular flexibility index (Phi) is 4.49. The molecule has 1 atom stereocenters. The van der Waals surface area contributed by atoms with Gasteiger partial charge in [-0.1, -0.05) is 6.07 Å². The summed E-state index contributed by atoms with van der Waals surface area (Å²) in [6.45, 7) is 5.55. The molecule has 2 rings (SSSR count). The molecule has 0 amide bonds. The third kappa shape index (κ3) is 3.40. The Bertz CT molecular complexity index is 441. The molecule has 1 aliphatic heterocycles. The normalized spacial score (nSPS) is 19.1. The number of piperazine rings is 1. The number of pyridine rings is 1. The van der Waals surface area contributed by atoms with Crippen molar-refractivity contribution >= 4 is 5.82 Å². The first kappa shape index (κ1) is 15.1. The van der Waals surface area contributed by atoms with Gasteiger partial charge in [0, 0.05) is 38.8 Å². The summed E-state index contributed by atoms with van der Waals surface area (Å²) in [6.07, 6.45) is -4.40. The minimum absolute atomic E-state index is 0.298. The van der Waals surface area contributed by atoms with E-state index in [-0.39, 0.29) is 0 Å². The van der Waals surface area contributed by atoms with E-state index in [1.165, 1.54) is 6.07 Å². The van der Waals surface area contributed by atoms with E-state index < -0.39 is 11.9 Å². The van der Waals surface area contributed by atoms with Crippen molar-refractivity contribution in [3.63, 3.8) is 0 Å². The van der Waals surface area contributed by atoms with Gasteiger partial charge in [0.05, 0.1) is 0 Å². The van der Waals surface area contributed by atoms with Gasteiger partial charge in [-0.3, -0.25) is 4.90 Å². The van der Waals surface area contributed by atoms with Gasteiger partial charge in [0.1, 0.15) is 11.5 Å². The van der Waals surface area contributed by atoms with Crippen LogP contribution in [0.25, 0.3) is 0 Å². The summed E-state index contributed by atoms with van der Waals surface area (Å²) in [5.41, 5.74) is 4.78. The number of nitrogens with zero attached hydrogens (tertiary/aromatic N) is 3. The van der Waals surface area contributed by atoms with E-state index in [0.717, 1.165) is 19.2 Å². The highest BCUT2D eigenvalue weighted by molar-refractivity contribution is 5.40. The van der Waals surface area contributed by atoms with Gasteiger partial charge in [-0.2, -0.15) is 13.2 Å². The summed E-state index contributed by atoms with van der Waals surface area (Å²) in [6, 6.07) is 4.32. The molecule has 4 nitrogen and oxygen atoms in total. The third-order valence-electron chi connectivity index (χ3n) is 3.63. The third-order valence-corrected chi connectivity index (χ3v) is 3.63. The predicted octanol–water partition coefficient (Wildman–Crippen LogP) is 1.57. The number of aromatic nitrogens is 1. The van der Waals surface area contributed by atoms with E-state index in [0.29, 0.717) is 31.5 Å². The minimum Gasteiger partial charge on any atom is -0.354 e. The maximum atomic E-state index is 12.6. The molecule has 1 fully saturated rings. The highest BCUT2D eigenvalue weighted by Crippen LogP contribution is 2.29. The number of alkyl halides is 3. The summed E-state index contributed by atoms with van der Waals surface area (Å²) in [4.78, 5) is 7.84. The van der Waals surface area contributed by atoms with Crippen molar-refractivity contribution < 1.29 is 13.2 Å². The van der Waals surface area contributed by atoms with Gasteiger partial charge >= 0.3 is 6.18 Å². The first-order chi connectivity index (χ1) is 9.41. The maximum absolute atomic E-state index is 12.6. The van der Waals surface area contributed by atoms with Gasteiger partial charge in [0.15, 0.2) is 0 Å². The summed E-state index contributed by atoms with van der Waals surface area (Å²) in [7, 11) is 0. The van der Waals surface area contributed by atoms with Crippen LogP contribution >= 0.6 is 0 Å². The Balaban J connectivity index is 2.04. The van der Waals surface area contributed by atoms with Crippen LogP contribution in [0.2, 0.25) is 0 Å². The zero-order chi connectivity index (χ0) is 14.8. The molecule has 1 aromatic heterocycles. The van der Waals surface area contributed by atoms with Crippen LogP contribution in [0.1, 0.15) is 12.6 Å². The summed E-state index contributed by atoms with van der Waals surface area (Å²) in [5.74, 6) is 0.389. The average molecular weight is 288 g/mol. The lowest BCUT2D eigenvalue weighted by Gasteiger charge is -2.38. The number of anilines is 1. The second-order valence-corrected chi connectivity index (χ2v) is 4.99. The second-order valence-electron chi connectivity index (χ2n) is 4.99. The van der Waals surface area contributed by atoms with Crippen LogP contribution in [0.5, 0.6) is 0 Å². The molecule has 0 aromatic carbocycles. The molecular weight excluding hydrogens is 269 g/mol. The van der Waals surface area contributed by atoms with E-state index in [1.54, 1.807) is 6.07 Å². The molecule has 112 valence electrons. The summed E-state index contributed by atoms with van der Waals surface area (Å²) >= 11 is 0. The van der Waals surface area contributed by atoms with E-state index in [9.17, 15) is 13.2 Å². The molecular formula is C13H19F3N4. The van der Waals surface area contributed by atoms with Crippen molar-refractivity contribution in [3.8, 4) is 0 Å². The molecule has 1 saturated heterocycles. The van der Waals surface area contributed by atoms with Gasteiger partial charge in [0.2, 0.25) is 0 Å². The number of hydrogen-bond acceptors (Lipinski definition) is 4. The van der Waals surface area contributed by atoms with Crippen molar-refractivity contribution in [2.45, 2.75) is 19.1 Å². The topological polar surface area (TPSA) is 45.4 Å². The SMILES string of the molecule is CC(CN)N1CCN(c2cccc(C(F)(F)F)n2)CC1. The van der Waals surface area contributed by atoms with Crippen molar-refractivity contribution in [2.24, 2.45) is 5.73 Å². The Morgan fingerprint density at radius 3 is 2.45 bits per heavy atom. The molecule has 0 saturated carbocycles. The fourth-order valence-corrected chi connectivity index (χ4v) is 2.30. The largest absolute Gasteiger partial charge is 0.433 e. The molecule has 2 heterocycles. The van der Waals surface area contributed by atoms with Crippen molar-refractivity contribution in [1.29, 1.82) is 0 Å². The first-order valence-corrected chi connectivity index (χ1v) is 6.65. The fourth-order valence-electron chi connectivity index (χ4n) is 2.30. The molecule has 1 aliphatic rings. The Morgan fingerprint density at radius 1 is 1.25 bits per heavy atom. The summed E-state index contributed by atoms with van der Waals surface area (Å²) < 4.78 is 37.9. The Morgan fingerprint density at radius 2 is 1.90 bits per heavy atom. The zero-order valence-electron chi connectivity index (χ0n) is 11.4. The Hall–Kier alpha value is -1.34. The van der Waals surface area contributed by atoms with Gasteiger partial charge in [-0.25, -0.2) is 4.98 Å². The number of hydrogen-bond donors (Lipinski definition) is 1. The van der Waals surface area contributed by atoms with E-state index in [4.69, 9.17) is 5.73 Å². The lowest BCUT2D eigenvalue weighted by Crippen LogP contribution is -2.51. The maximum Gasteiger partial charge on any atom is 0.433 e. The number of nitrogens with two attached hydrogens (primary N) is 1. The van der Waals surface area contributed by atoms with Crippen LogP contribution in [-0.4, -0.2) is 48.6 Å². The van der Waals surface area contributed by atoms with Gasteiger partial charge in [-0.15, -0.1) is 0 Å². The van der Waals surface area contributed by atoms with E-state index in [2.05, 4.69) is 16.8 Å². The zero-order valence-corrected chi connectivity index (χ0v) is 11.4. The van der Waals surface area contributed by atoms with Crippen molar-refractivity contribution in [3.05, 3.63) is 23.9 Å². The van der Waals surface area contributed by atoms with Crippen LogP contribution in [0.3, 0.4) is 0 Å².